The minimum atomic E-state index is -0.367. The molecule has 2 aliphatic heterocycles. The summed E-state index contributed by atoms with van der Waals surface area (Å²) in [7, 11) is 3.32. The van der Waals surface area contributed by atoms with Gasteiger partial charge < -0.3 is 10.1 Å². The molecular formula is C23H28N8O2. The first-order valence-corrected chi connectivity index (χ1v) is 11.2. The van der Waals surface area contributed by atoms with Crippen LogP contribution in [-0.4, -0.2) is 61.8 Å². The zero-order chi connectivity index (χ0) is 23.2. The maximum absolute atomic E-state index is 14.1. The molecule has 33 heavy (non-hydrogen) atoms. The summed E-state index contributed by atoms with van der Waals surface area (Å²) < 4.78 is 5.28. The van der Waals surface area contributed by atoms with Gasteiger partial charge in [0.2, 0.25) is 17.6 Å². The van der Waals surface area contributed by atoms with E-state index < -0.39 is 0 Å². The minimum Gasteiger partial charge on any atom is -0.481 e. The van der Waals surface area contributed by atoms with Crippen molar-refractivity contribution in [3.05, 3.63) is 41.2 Å². The van der Waals surface area contributed by atoms with Gasteiger partial charge in [-0.2, -0.15) is 4.80 Å². The number of ether oxygens (including phenoxy) is 1. The smallest absolute Gasteiger partial charge is 0.235 e. The van der Waals surface area contributed by atoms with Crippen LogP contribution in [0.4, 0.5) is 5.82 Å². The lowest BCUT2D eigenvalue weighted by molar-refractivity contribution is -0.121. The number of nitrogens with one attached hydrogen (secondary N) is 1. The van der Waals surface area contributed by atoms with E-state index in [4.69, 9.17) is 9.72 Å². The fourth-order valence-corrected chi connectivity index (χ4v) is 4.95. The average Bonchev–Trinajstić information content (AvgIpc) is 3.47. The van der Waals surface area contributed by atoms with Crippen molar-refractivity contribution in [2.75, 3.05) is 25.1 Å². The molecule has 1 spiro atoms. The number of pyridine rings is 2. The average molecular weight is 449 g/mol. The summed E-state index contributed by atoms with van der Waals surface area (Å²) in [5.74, 6) is 1.45. The number of carbonyl (C=O) groups excluding carboxylic acids is 1. The number of methoxy groups -OCH3 is 1. The van der Waals surface area contributed by atoms with Gasteiger partial charge in [-0.15, -0.1) is 10.2 Å². The molecule has 1 unspecified atom stereocenters. The van der Waals surface area contributed by atoms with Crippen LogP contribution < -0.4 is 15.0 Å². The number of hydrogen-bond acceptors (Lipinski definition) is 8. The fourth-order valence-electron chi connectivity index (χ4n) is 4.95. The Balaban J connectivity index is 1.58. The van der Waals surface area contributed by atoms with E-state index >= 15 is 0 Å². The van der Waals surface area contributed by atoms with Crippen molar-refractivity contribution in [2.24, 2.45) is 7.05 Å². The van der Waals surface area contributed by atoms with Gasteiger partial charge in [-0.05, 0) is 68.1 Å². The summed E-state index contributed by atoms with van der Waals surface area (Å²) in [6, 6.07) is 5.77. The van der Waals surface area contributed by atoms with Crippen LogP contribution in [0.2, 0.25) is 0 Å². The highest BCUT2D eigenvalue weighted by molar-refractivity contribution is 5.99. The minimum absolute atomic E-state index is 0.0326. The number of amides is 1. The highest BCUT2D eigenvalue weighted by atomic mass is 16.5. The highest BCUT2D eigenvalue weighted by Crippen LogP contribution is 2.42. The van der Waals surface area contributed by atoms with Gasteiger partial charge >= 0.3 is 0 Å². The number of fused-ring (bicyclic) bond motifs is 1. The lowest BCUT2D eigenvalue weighted by Crippen LogP contribution is -2.57. The van der Waals surface area contributed by atoms with Crippen LogP contribution in [0.1, 0.15) is 42.5 Å². The molecule has 0 bridgehead atoms. The summed E-state index contributed by atoms with van der Waals surface area (Å²) in [6.45, 7) is 5.52. The maximum Gasteiger partial charge on any atom is 0.235 e. The van der Waals surface area contributed by atoms with Crippen LogP contribution in [0.3, 0.4) is 0 Å². The highest BCUT2D eigenvalue weighted by Gasteiger charge is 2.48. The van der Waals surface area contributed by atoms with E-state index in [1.54, 1.807) is 20.4 Å². The molecule has 0 aromatic carbocycles. The number of hydrogen-bond donors (Lipinski definition) is 1. The predicted octanol–water partition coefficient (Wildman–Crippen LogP) is 1.80. The Bertz CT molecular complexity index is 1200. The monoisotopic (exact) mass is 448 g/mol. The van der Waals surface area contributed by atoms with Gasteiger partial charge in [0, 0.05) is 24.4 Å². The van der Waals surface area contributed by atoms with Crippen molar-refractivity contribution < 1.29 is 9.53 Å². The number of carbonyl (C=O) groups is 1. The van der Waals surface area contributed by atoms with Crippen molar-refractivity contribution in [1.82, 2.24) is 35.5 Å². The Hall–Kier alpha value is -3.40. The molecule has 10 heteroatoms. The topological polar surface area (TPSA) is 111 Å². The molecule has 5 rings (SSSR count). The SMILES string of the molecule is COc1cc(C(C)C(=O)N2c3nc(C)c(-c4nnn(C)n4)cc3CC[C@@]23CCNC3)ccn1. The van der Waals surface area contributed by atoms with Crippen LogP contribution in [0.5, 0.6) is 5.88 Å². The van der Waals surface area contributed by atoms with E-state index in [1.807, 2.05) is 30.9 Å². The molecule has 3 aromatic heterocycles. The van der Waals surface area contributed by atoms with Gasteiger partial charge in [0.25, 0.3) is 0 Å². The van der Waals surface area contributed by atoms with E-state index in [-0.39, 0.29) is 17.4 Å². The summed E-state index contributed by atoms with van der Waals surface area (Å²) in [5, 5.41) is 15.9. The van der Waals surface area contributed by atoms with E-state index in [2.05, 4.69) is 31.8 Å². The molecule has 3 aromatic rings. The number of nitrogens with zero attached hydrogens (tertiary/aromatic N) is 7. The molecule has 1 saturated heterocycles. The molecule has 0 radical (unpaired) electrons. The van der Waals surface area contributed by atoms with Gasteiger partial charge in [0.15, 0.2) is 0 Å². The Labute approximate surface area is 192 Å². The third-order valence-electron chi connectivity index (χ3n) is 6.84. The van der Waals surface area contributed by atoms with Gasteiger partial charge in [0.1, 0.15) is 5.82 Å². The zero-order valence-corrected chi connectivity index (χ0v) is 19.4. The lowest BCUT2D eigenvalue weighted by atomic mass is 9.82. The fraction of sp³-hybridized carbons (Fsp3) is 0.478. The maximum atomic E-state index is 14.1. The summed E-state index contributed by atoms with van der Waals surface area (Å²) in [5.41, 5.74) is 3.26. The quantitative estimate of drug-likeness (QED) is 0.643. The first kappa shape index (κ1) is 21.4. The van der Waals surface area contributed by atoms with Crippen molar-refractivity contribution in [3.63, 3.8) is 0 Å². The van der Waals surface area contributed by atoms with Gasteiger partial charge in [-0.1, -0.05) is 0 Å². The molecule has 1 N–H and O–H groups in total. The second kappa shape index (κ2) is 8.18. The predicted molar refractivity (Wildman–Crippen MR) is 122 cm³/mol. The van der Waals surface area contributed by atoms with E-state index in [0.29, 0.717) is 11.7 Å². The molecule has 0 saturated carbocycles. The number of rotatable bonds is 4. The molecule has 172 valence electrons. The molecule has 1 amide bonds. The number of tetrazole rings is 1. The normalized spacial score (nSPS) is 20.7. The van der Waals surface area contributed by atoms with Crippen LogP contribution in [0.25, 0.3) is 11.4 Å². The molecule has 2 aliphatic rings. The molecule has 5 heterocycles. The Morgan fingerprint density at radius 1 is 1.30 bits per heavy atom. The molecule has 0 aliphatic carbocycles. The van der Waals surface area contributed by atoms with Gasteiger partial charge in [-0.3, -0.25) is 9.69 Å². The van der Waals surface area contributed by atoms with Crippen LogP contribution in [-0.2, 0) is 18.3 Å². The first-order valence-electron chi connectivity index (χ1n) is 11.2. The van der Waals surface area contributed by atoms with Crippen LogP contribution in [0, 0.1) is 6.92 Å². The molecular weight excluding hydrogens is 420 g/mol. The lowest BCUT2D eigenvalue weighted by Gasteiger charge is -2.45. The largest absolute Gasteiger partial charge is 0.481 e. The van der Waals surface area contributed by atoms with Crippen LogP contribution in [0.15, 0.2) is 24.4 Å². The molecule has 10 nitrogen and oxygen atoms in total. The Morgan fingerprint density at radius 2 is 2.15 bits per heavy atom. The van der Waals surface area contributed by atoms with E-state index in [1.165, 1.54) is 4.80 Å². The van der Waals surface area contributed by atoms with Crippen molar-refractivity contribution in [1.29, 1.82) is 0 Å². The summed E-state index contributed by atoms with van der Waals surface area (Å²) in [6.07, 6.45) is 4.30. The third-order valence-corrected chi connectivity index (χ3v) is 6.84. The van der Waals surface area contributed by atoms with Crippen molar-refractivity contribution in [2.45, 2.75) is 44.6 Å². The molecule has 2 atom stereocenters. The summed E-state index contributed by atoms with van der Waals surface area (Å²) in [4.78, 5) is 26.6. The van der Waals surface area contributed by atoms with Gasteiger partial charge in [-0.25, -0.2) is 9.97 Å². The Morgan fingerprint density at radius 3 is 2.85 bits per heavy atom. The van der Waals surface area contributed by atoms with E-state index in [0.717, 1.165) is 60.6 Å². The zero-order valence-electron chi connectivity index (χ0n) is 19.4. The second-order valence-corrected chi connectivity index (χ2v) is 8.88. The number of anilines is 1. The van der Waals surface area contributed by atoms with E-state index in [9.17, 15) is 4.79 Å². The second-order valence-electron chi connectivity index (χ2n) is 8.88. The summed E-state index contributed by atoms with van der Waals surface area (Å²) >= 11 is 0. The number of aryl methyl sites for hydroxylation is 3. The van der Waals surface area contributed by atoms with Crippen LogP contribution >= 0.6 is 0 Å². The third kappa shape index (κ3) is 3.64. The molecule has 1 fully saturated rings. The number of aromatic nitrogens is 6. The standard InChI is InChI=1S/C23H28N8O2/c1-14(16-6-9-25-19(12-16)33-4)22(32)31-21-17(5-7-23(31)8-10-24-13-23)11-18(15(2)26-21)20-27-29-30(3)28-20/h6,9,11-12,14,24H,5,7-8,10,13H2,1-4H3/t14?,23-/m0/s1. The Kier molecular flexibility index (Phi) is 5.32. The first-order chi connectivity index (χ1) is 15.9. The van der Waals surface area contributed by atoms with Crippen molar-refractivity contribution >= 4 is 11.7 Å². The van der Waals surface area contributed by atoms with Gasteiger partial charge in [0.05, 0.1) is 31.3 Å². The van der Waals surface area contributed by atoms with Crippen molar-refractivity contribution in [3.8, 4) is 17.3 Å².